The average Bonchev–Trinajstić information content (AvgIpc) is 2.70. The van der Waals surface area contributed by atoms with E-state index in [0.29, 0.717) is 0 Å². The number of nitrogens with one attached hydrogen (secondary N) is 1. The van der Waals surface area contributed by atoms with Crippen LogP contribution in [0.25, 0.3) is 0 Å². The quantitative estimate of drug-likeness (QED) is 0.698. The monoisotopic (exact) mass is 182 g/mol. The third kappa shape index (κ3) is 2.05. The van der Waals surface area contributed by atoms with Crippen molar-refractivity contribution in [2.45, 2.75) is 51.1 Å². The highest BCUT2D eigenvalue weighted by Gasteiger charge is 2.29. The third-order valence-electron chi connectivity index (χ3n) is 3.66. The van der Waals surface area contributed by atoms with Gasteiger partial charge < -0.3 is 5.32 Å². The van der Waals surface area contributed by atoms with Crippen molar-refractivity contribution in [1.82, 2.24) is 10.2 Å². The summed E-state index contributed by atoms with van der Waals surface area (Å²) < 4.78 is 0. The molecular formula is C11H22N2. The molecule has 1 aliphatic carbocycles. The Balaban J connectivity index is 1.93. The van der Waals surface area contributed by atoms with Crippen LogP contribution < -0.4 is 5.32 Å². The molecule has 1 N–H and O–H groups in total. The Labute approximate surface area is 81.7 Å². The van der Waals surface area contributed by atoms with Gasteiger partial charge in [0.15, 0.2) is 0 Å². The summed E-state index contributed by atoms with van der Waals surface area (Å²) in [5.41, 5.74) is 0. The molecule has 0 amide bonds. The minimum Gasteiger partial charge on any atom is -0.314 e. The second-order valence-corrected chi connectivity index (χ2v) is 4.44. The van der Waals surface area contributed by atoms with E-state index < -0.39 is 0 Å². The Morgan fingerprint density at radius 2 is 2.08 bits per heavy atom. The molecule has 76 valence electrons. The van der Waals surface area contributed by atoms with E-state index in [2.05, 4.69) is 17.1 Å². The van der Waals surface area contributed by atoms with Crippen molar-refractivity contribution in [2.24, 2.45) is 0 Å². The van der Waals surface area contributed by atoms with E-state index in [-0.39, 0.29) is 0 Å². The first-order valence-corrected chi connectivity index (χ1v) is 5.88. The topological polar surface area (TPSA) is 15.3 Å². The van der Waals surface area contributed by atoms with Crippen LogP contribution in [0, 0.1) is 0 Å². The van der Waals surface area contributed by atoms with Crippen molar-refractivity contribution in [3.63, 3.8) is 0 Å². The number of hydrogen-bond acceptors (Lipinski definition) is 2. The molecule has 0 radical (unpaired) electrons. The summed E-state index contributed by atoms with van der Waals surface area (Å²) in [6.45, 7) is 6.02. The maximum atomic E-state index is 3.50. The van der Waals surface area contributed by atoms with Gasteiger partial charge >= 0.3 is 0 Å². The molecule has 13 heavy (non-hydrogen) atoms. The molecule has 1 saturated carbocycles. The molecule has 2 nitrogen and oxygen atoms in total. The number of nitrogens with zero attached hydrogens (tertiary/aromatic N) is 1. The van der Waals surface area contributed by atoms with E-state index in [1.165, 1.54) is 51.7 Å². The number of rotatable bonds is 2. The van der Waals surface area contributed by atoms with Crippen LogP contribution in [0.15, 0.2) is 0 Å². The van der Waals surface area contributed by atoms with Gasteiger partial charge in [-0.05, 0) is 19.3 Å². The summed E-state index contributed by atoms with van der Waals surface area (Å²) in [5.74, 6) is 0. The lowest BCUT2D eigenvalue weighted by Gasteiger charge is -2.39. The van der Waals surface area contributed by atoms with E-state index in [1.54, 1.807) is 0 Å². The fourth-order valence-corrected chi connectivity index (χ4v) is 2.87. The van der Waals surface area contributed by atoms with Gasteiger partial charge in [0.25, 0.3) is 0 Å². The number of piperazine rings is 1. The van der Waals surface area contributed by atoms with Crippen molar-refractivity contribution >= 4 is 0 Å². The lowest BCUT2D eigenvalue weighted by atomic mass is 10.1. The van der Waals surface area contributed by atoms with Gasteiger partial charge in [0.2, 0.25) is 0 Å². The fraction of sp³-hybridized carbons (Fsp3) is 1.00. The molecule has 2 heteroatoms. The minimum atomic E-state index is 0.817. The Kier molecular flexibility index (Phi) is 3.23. The molecule has 0 aromatic carbocycles. The van der Waals surface area contributed by atoms with Crippen LogP contribution in [-0.2, 0) is 0 Å². The molecule has 1 heterocycles. The molecule has 0 aromatic heterocycles. The molecule has 0 bridgehead atoms. The van der Waals surface area contributed by atoms with Gasteiger partial charge in [-0.15, -0.1) is 0 Å². The van der Waals surface area contributed by atoms with Crippen LogP contribution in [0.2, 0.25) is 0 Å². The Hall–Kier alpha value is -0.0800. The first-order chi connectivity index (χ1) is 6.42. The predicted molar refractivity (Wildman–Crippen MR) is 55.9 cm³/mol. The first kappa shape index (κ1) is 9.47. The second-order valence-electron chi connectivity index (χ2n) is 4.44. The van der Waals surface area contributed by atoms with Crippen molar-refractivity contribution < 1.29 is 0 Å². The standard InChI is InChI=1S/C11H22N2/c1-2-10-9-12-7-8-13(10)11-5-3-4-6-11/h10-12H,2-9H2,1H3/t10-/m1/s1. The van der Waals surface area contributed by atoms with Gasteiger partial charge in [0.05, 0.1) is 0 Å². The van der Waals surface area contributed by atoms with Gasteiger partial charge in [0.1, 0.15) is 0 Å². The molecule has 2 rings (SSSR count). The molecule has 0 aromatic rings. The first-order valence-electron chi connectivity index (χ1n) is 5.88. The zero-order chi connectivity index (χ0) is 9.10. The maximum Gasteiger partial charge on any atom is 0.0221 e. The molecule has 1 saturated heterocycles. The Morgan fingerprint density at radius 3 is 2.77 bits per heavy atom. The highest BCUT2D eigenvalue weighted by Crippen LogP contribution is 2.26. The SMILES string of the molecule is CC[C@@H]1CNCCN1C1CCCC1. The predicted octanol–water partition coefficient (Wildman–Crippen LogP) is 1.61. The fourth-order valence-electron chi connectivity index (χ4n) is 2.87. The number of hydrogen-bond donors (Lipinski definition) is 1. The highest BCUT2D eigenvalue weighted by molar-refractivity contribution is 4.86. The van der Waals surface area contributed by atoms with Gasteiger partial charge in [0, 0.05) is 31.7 Å². The third-order valence-corrected chi connectivity index (χ3v) is 3.66. The highest BCUT2D eigenvalue weighted by atomic mass is 15.2. The largest absolute Gasteiger partial charge is 0.314 e. The molecule has 0 unspecified atom stereocenters. The van der Waals surface area contributed by atoms with Crippen molar-refractivity contribution in [1.29, 1.82) is 0 Å². The van der Waals surface area contributed by atoms with Gasteiger partial charge in [-0.2, -0.15) is 0 Å². The van der Waals surface area contributed by atoms with Crippen molar-refractivity contribution in [3.8, 4) is 0 Å². The second kappa shape index (κ2) is 4.43. The summed E-state index contributed by atoms with van der Waals surface area (Å²) >= 11 is 0. The van der Waals surface area contributed by atoms with E-state index >= 15 is 0 Å². The summed E-state index contributed by atoms with van der Waals surface area (Å²) in [6, 6.07) is 1.74. The van der Waals surface area contributed by atoms with Crippen LogP contribution in [0.4, 0.5) is 0 Å². The molecule has 2 fully saturated rings. The summed E-state index contributed by atoms with van der Waals surface area (Å²) in [7, 11) is 0. The summed E-state index contributed by atoms with van der Waals surface area (Å²) in [5, 5.41) is 3.50. The molecular weight excluding hydrogens is 160 g/mol. The molecule has 0 spiro atoms. The van der Waals surface area contributed by atoms with Crippen molar-refractivity contribution in [3.05, 3.63) is 0 Å². The van der Waals surface area contributed by atoms with Gasteiger partial charge in [-0.1, -0.05) is 19.8 Å². The van der Waals surface area contributed by atoms with Crippen LogP contribution in [0.3, 0.4) is 0 Å². The van der Waals surface area contributed by atoms with E-state index in [4.69, 9.17) is 0 Å². The van der Waals surface area contributed by atoms with Crippen LogP contribution >= 0.6 is 0 Å². The van der Waals surface area contributed by atoms with E-state index in [0.717, 1.165) is 12.1 Å². The van der Waals surface area contributed by atoms with E-state index in [9.17, 15) is 0 Å². The zero-order valence-electron chi connectivity index (χ0n) is 8.76. The Morgan fingerprint density at radius 1 is 1.31 bits per heavy atom. The smallest absolute Gasteiger partial charge is 0.0221 e. The van der Waals surface area contributed by atoms with Crippen LogP contribution in [0.5, 0.6) is 0 Å². The maximum absolute atomic E-state index is 3.50. The lowest BCUT2D eigenvalue weighted by molar-refractivity contribution is 0.105. The van der Waals surface area contributed by atoms with Crippen LogP contribution in [0.1, 0.15) is 39.0 Å². The Bertz CT molecular complexity index is 150. The van der Waals surface area contributed by atoms with Crippen LogP contribution in [-0.4, -0.2) is 36.6 Å². The lowest BCUT2D eigenvalue weighted by Crippen LogP contribution is -2.54. The van der Waals surface area contributed by atoms with E-state index in [1.807, 2.05) is 0 Å². The van der Waals surface area contributed by atoms with Crippen molar-refractivity contribution in [2.75, 3.05) is 19.6 Å². The van der Waals surface area contributed by atoms with Gasteiger partial charge in [-0.3, -0.25) is 4.90 Å². The summed E-state index contributed by atoms with van der Waals surface area (Å²) in [4.78, 5) is 2.77. The minimum absolute atomic E-state index is 0.817. The van der Waals surface area contributed by atoms with Gasteiger partial charge in [-0.25, -0.2) is 0 Å². The molecule has 1 aliphatic heterocycles. The molecule has 2 aliphatic rings. The average molecular weight is 182 g/mol. The molecule has 1 atom stereocenters. The normalized spacial score (nSPS) is 32.5. The summed E-state index contributed by atoms with van der Waals surface area (Å²) in [6.07, 6.45) is 7.15. The zero-order valence-corrected chi connectivity index (χ0v) is 8.76.